The quantitative estimate of drug-likeness (QED) is 0.280. The molecule has 0 amide bonds. The number of carboxylic acid groups (broad SMARTS) is 1. The van der Waals surface area contributed by atoms with E-state index in [1.54, 1.807) is 0 Å². The third-order valence-electron chi connectivity index (χ3n) is 1.83. The smallest absolute Gasteiger partial charge is 0.870 e. The van der Waals surface area contributed by atoms with Crippen LogP contribution in [0.4, 0.5) is 0 Å². The summed E-state index contributed by atoms with van der Waals surface area (Å²) in [6, 6.07) is 0. The third-order valence-corrected chi connectivity index (χ3v) is 1.83. The Bertz CT molecular complexity index is 211. The number of hydrogen-bond donors (Lipinski definition) is 5. The van der Waals surface area contributed by atoms with E-state index in [4.69, 9.17) is 25.5 Å². The van der Waals surface area contributed by atoms with Crippen LogP contribution in [0.1, 0.15) is 0 Å². The Morgan fingerprint density at radius 2 is 1.47 bits per heavy atom. The van der Waals surface area contributed by atoms with E-state index in [1.807, 2.05) is 0 Å². The molecule has 1 saturated heterocycles. The number of carboxylic acids is 1. The van der Waals surface area contributed by atoms with Crippen LogP contribution >= 0.6 is 0 Å². The summed E-state index contributed by atoms with van der Waals surface area (Å²) in [7, 11) is 0. The maximum absolute atomic E-state index is 10.4. The normalized spacial score (nSPS) is 39.9. The van der Waals surface area contributed by atoms with Crippen molar-refractivity contribution in [3.05, 3.63) is 0 Å². The van der Waals surface area contributed by atoms with E-state index in [9.17, 15) is 4.79 Å². The van der Waals surface area contributed by atoms with Gasteiger partial charge in [-0.25, -0.2) is 4.79 Å². The number of ether oxygens (including phenoxy) is 1. The molecule has 1 fully saturated rings. The number of rotatable bonds is 1. The van der Waals surface area contributed by atoms with Crippen molar-refractivity contribution in [1.29, 1.82) is 0 Å². The second kappa shape index (κ2) is 6.74. The van der Waals surface area contributed by atoms with Crippen LogP contribution in [0.15, 0.2) is 0 Å². The first-order chi connectivity index (χ1) is 5.95. The second-order valence-corrected chi connectivity index (χ2v) is 2.76. The molecule has 1 aliphatic heterocycles. The molecule has 0 aromatic heterocycles. The third kappa shape index (κ3) is 3.63. The van der Waals surface area contributed by atoms with Crippen LogP contribution < -0.4 is 29.6 Å². The van der Waals surface area contributed by atoms with Crippen molar-refractivity contribution in [3.63, 3.8) is 0 Å². The number of aliphatic hydroxyl groups is 4. The summed E-state index contributed by atoms with van der Waals surface area (Å²) >= 11 is 0. The SMILES string of the molecule is O=C(O)[C@H]1O[C@@H](O)[C@H](O)[C@@H](O)[C@@H]1O.[Na+].[OH-]. The minimum Gasteiger partial charge on any atom is -0.870 e. The molecule has 5 atom stereocenters. The van der Waals surface area contributed by atoms with Gasteiger partial charge in [-0.2, -0.15) is 0 Å². The molecule has 6 N–H and O–H groups in total. The fraction of sp³-hybridized carbons (Fsp3) is 0.833. The summed E-state index contributed by atoms with van der Waals surface area (Å²) in [6.07, 6.45) is -8.72. The predicted octanol–water partition coefficient (Wildman–Crippen LogP) is -6.30. The summed E-state index contributed by atoms with van der Waals surface area (Å²) in [5.41, 5.74) is 0. The van der Waals surface area contributed by atoms with Crippen molar-refractivity contribution in [1.82, 2.24) is 0 Å². The molecule has 15 heavy (non-hydrogen) atoms. The number of hydrogen-bond acceptors (Lipinski definition) is 7. The summed E-state index contributed by atoms with van der Waals surface area (Å²) in [4.78, 5) is 10.4. The Balaban J connectivity index is 0. The van der Waals surface area contributed by atoms with Gasteiger partial charge in [-0.15, -0.1) is 0 Å². The van der Waals surface area contributed by atoms with Gasteiger partial charge in [0.2, 0.25) is 0 Å². The van der Waals surface area contributed by atoms with Gasteiger partial charge in [0.25, 0.3) is 0 Å². The van der Waals surface area contributed by atoms with Crippen LogP contribution in [0.2, 0.25) is 0 Å². The standard InChI is InChI=1S/C6H10O7.Na.H2O/c7-1-2(8)4(5(10)11)13-6(12)3(1)9;;/h1-4,6-9,12H,(H,10,11);;1H2/q;+1;/p-1/t1-,2-,3+,4-,6+;;/m0../s1. The molecule has 84 valence electrons. The van der Waals surface area contributed by atoms with Gasteiger partial charge in [0.15, 0.2) is 12.4 Å². The molecule has 1 rings (SSSR count). The van der Waals surface area contributed by atoms with Crippen LogP contribution in [0.25, 0.3) is 0 Å². The van der Waals surface area contributed by atoms with E-state index < -0.39 is 36.7 Å². The van der Waals surface area contributed by atoms with Crippen molar-refractivity contribution < 1.29 is 70.1 Å². The van der Waals surface area contributed by atoms with E-state index >= 15 is 0 Å². The zero-order chi connectivity index (χ0) is 10.2. The zero-order valence-corrected chi connectivity index (χ0v) is 9.89. The van der Waals surface area contributed by atoms with Crippen molar-refractivity contribution in [2.24, 2.45) is 0 Å². The average Bonchev–Trinajstić information content (AvgIpc) is 2.07. The fourth-order valence-electron chi connectivity index (χ4n) is 1.07. The van der Waals surface area contributed by atoms with Gasteiger partial charge in [0.05, 0.1) is 0 Å². The Kier molecular flexibility index (Phi) is 7.91. The molecule has 1 heterocycles. The van der Waals surface area contributed by atoms with Crippen molar-refractivity contribution in [2.45, 2.75) is 30.7 Å². The Morgan fingerprint density at radius 1 is 1.00 bits per heavy atom. The largest absolute Gasteiger partial charge is 1.00 e. The number of carbonyl (C=O) groups is 1. The molecule has 0 unspecified atom stereocenters. The molecular weight excluding hydrogens is 223 g/mol. The van der Waals surface area contributed by atoms with Gasteiger partial charge in [-0.3, -0.25) is 0 Å². The molecule has 1 aliphatic rings. The van der Waals surface area contributed by atoms with E-state index in [2.05, 4.69) is 4.74 Å². The number of aliphatic hydroxyl groups excluding tert-OH is 4. The Morgan fingerprint density at radius 3 is 1.87 bits per heavy atom. The maximum Gasteiger partial charge on any atom is 1.00 e. The molecule has 8 nitrogen and oxygen atoms in total. The monoisotopic (exact) mass is 234 g/mol. The van der Waals surface area contributed by atoms with Gasteiger partial charge in [-0.1, -0.05) is 0 Å². The molecule has 0 radical (unpaired) electrons. The first-order valence-corrected chi connectivity index (χ1v) is 3.55. The Hall–Kier alpha value is 0.230. The summed E-state index contributed by atoms with van der Waals surface area (Å²) in [5.74, 6) is -1.52. The molecule has 0 bridgehead atoms. The zero-order valence-electron chi connectivity index (χ0n) is 7.89. The van der Waals surface area contributed by atoms with Gasteiger partial charge in [0, 0.05) is 0 Å². The van der Waals surface area contributed by atoms with Gasteiger partial charge in [0.1, 0.15) is 18.3 Å². The molecular formula is C6H11NaO8. The first-order valence-electron chi connectivity index (χ1n) is 3.55. The van der Waals surface area contributed by atoms with E-state index in [1.165, 1.54) is 0 Å². The van der Waals surface area contributed by atoms with Crippen molar-refractivity contribution in [3.8, 4) is 0 Å². The molecule has 9 heteroatoms. The summed E-state index contributed by atoms with van der Waals surface area (Å²) < 4.78 is 4.34. The molecule has 0 spiro atoms. The average molecular weight is 234 g/mol. The van der Waals surface area contributed by atoms with Crippen LogP contribution in [0.5, 0.6) is 0 Å². The van der Waals surface area contributed by atoms with Gasteiger partial charge >= 0.3 is 35.5 Å². The van der Waals surface area contributed by atoms with Crippen LogP contribution in [0, 0.1) is 0 Å². The summed E-state index contributed by atoms with van der Waals surface area (Å²) in [5, 5.41) is 44.4. The minimum absolute atomic E-state index is 0. The Labute approximate surface area is 107 Å². The maximum atomic E-state index is 10.4. The second-order valence-electron chi connectivity index (χ2n) is 2.76. The van der Waals surface area contributed by atoms with Crippen molar-refractivity contribution in [2.75, 3.05) is 0 Å². The molecule has 0 aliphatic carbocycles. The van der Waals surface area contributed by atoms with Gasteiger partial charge in [-0.05, 0) is 0 Å². The van der Waals surface area contributed by atoms with Crippen LogP contribution in [-0.2, 0) is 9.53 Å². The summed E-state index contributed by atoms with van der Waals surface area (Å²) in [6.45, 7) is 0. The topological polar surface area (TPSA) is 157 Å². The van der Waals surface area contributed by atoms with Crippen LogP contribution in [-0.4, -0.2) is 67.7 Å². The molecule has 0 aromatic rings. The fourth-order valence-corrected chi connectivity index (χ4v) is 1.07. The van der Waals surface area contributed by atoms with Gasteiger partial charge < -0.3 is 35.7 Å². The van der Waals surface area contributed by atoms with Crippen molar-refractivity contribution >= 4 is 5.97 Å². The van der Waals surface area contributed by atoms with Crippen LogP contribution in [0.3, 0.4) is 0 Å². The van der Waals surface area contributed by atoms with E-state index in [0.29, 0.717) is 0 Å². The molecule has 0 saturated carbocycles. The first kappa shape index (κ1) is 17.6. The van der Waals surface area contributed by atoms with E-state index in [-0.39, 0.29) is 35.0 Å². The predicted molar refractivity (Wildman–Crippen MR) is 38.5 cm³/mol. The minimum atomic E-state index is -1.81. The molecule has 0 aromatic carbocycles. The van der Waals surface area contributed by atoms with E-state index in [0.717, 1.165) is 0 Å². The number of aliphatic carboxylic acids is 1.